The van der Waals surface area contributed by atoms with E-state index in [-0.39, 0.29) is 40.3 Å². The first-order valence-corrected chi connectivity index (χ1v) is 12.9. The lowest BCUT2D eigenvalue weighted by molar-refractivity contribution is -0.142. The number of carboxylic acid groups (broad SMARTS) is 1. The summed E-state index contributed by atoms with van der Waals surface area (Å²) in [5.41, 5.74) is -0.203. The van der Waals surface area contributed by atoms with Gasteiger partial charge in [0, 0.05) is 30.1 Å². The average molecular weight is 576 g/mol. The van der Waals surface area contributed by atoms with E-state index in [1.54, 1.807) is 30.3 Å². The second-order valence-corrected chi connectivity index (χ2v) is 10.2. The molecule has 13 heteroatoms. The molecule has 0 amide bonds. The zero-order valence-corrected chi connectivity index (χ0v) is 21.8. The number of hydrogen-bond donors (Lipinski definition) is 2. The normalized spacial score (nSPS) is 17.2. The van der Waals surface area contributed by atoms with E-state index in [1.807, 2.05) is 0 Å². The van der Waals surface area contributed by atoms with E-state index in [4.69, 9.17) is 21.2 Å². The van der Waals surface area contributed by atoms with Gasteiger partial charge < -0.3 is 19.6 Å². The van der Waals surface area contributed by atoms with E-state index in [0.717, 1.165) is 30.3 Å². The number of alkyl halides is 3. The van der Waals surface area contributed by atoms with Gasteiger partial charge >= 0.3 is 12.1 Å². The number of carbonyl (C=O) groups is 1. The van der Waals surface area contributed by atoms with E-state index >= 15 is 0 Å². The minimum atomic E-state index is -4.78. The molecule has 1 aliphatic heterocycles. The number of likely N-dealkylation sites (tertiary alicyclic amines) is 1. The fourth-order valence-electron chi connectivity index (χ4n) is 4.97. The van der Waals surface area contributed by atoms with E-state index < -0.39 is 23.9 Å². The molecule has 0 saturated carbocycles. The van der Waals surface area contributed by atoms with Crippen LogP contribution < -0.4 is 0 Å². The molecule has 5 rings (SSSR count). The number of aliphatic hydroxyl groups is 1. The molecule has 1 aliphatic rings. The molecule has 210 valence electrons. The van der Waals surface area contributed by atoms with Crippen LogP contribution in [-0.4, -0.2) is 60.6 Å². The third-order valence-corrected chi connectivity index (χ3v) is 7.03. The molecule has 4 aromatic rings. The van der Waals surface area contributed by atoms with E-state index in [1.165, 1.54) is 18.2 Å². The molecule has 0 bridgehead atoms. The second-order valence-electron chi connectivity index (χ2n) is 9.72. The molecule has 40 heavy (non-hydrogen) atoms. The Morgan fingerprint density at radius 2 is 1.98 bits per heavy atom. The summed E-state index contributed by atoms with van der Waals surface area (Å²) in [4.78, 5) is 17.3. The Morgan fingerprint density at radius 3 is 2.67 bits per heavy atom. The van der Waals surface area contributed by atoms with Crippen LogP contribution >= 0.6 is 11.6 Å². The molecule has 2 atom stereocenters. The third kappa shape index (κ3) is 6.19. The van der Waals surface area contributed by atoms with Crippen LogP contribution in [0.4, 0.5) is 13.2 Å². The molecule has 0 aliphatic carbocycles. The molecule has 3 heterocycles. The summed E-state index contributed by atoms with van der Waals surface area (Å²) >= 11 is 5.96. The van der Waals surface area contributed by atoms with Crippen molar-refractivity contribution < 1.29 is 32.7 Å². The molecule has 0 spiro atoms. The highest BCUT2D eigenvalue weighted by atomic mass is 35.5. The first kappa shape index (κ1) is 27.8. The molecule has 9 nitrogen and oxygen atoms in total. The maximum atomic E-state index is 14.1. The summed E-state index contributed by atoms with van der Waals surface area (Å²) in [5.74, 6) is -1.03. The number of nitrogens with zero attached hydrogens (tertiary/aromatic N) is 5. The quantitative estimate of drug-likeness (QED) is 0.284. The number of hydrogen-bond acceptors (Lipinski definition) is 7. The Kier molecular flexibility index (Phi) is 7.92. The van der Waals surface area contributed by atoms with E-state index in [9.17, 15) is 23.1 Å². The molecule has 1 fully saturated rings. The van der Waals surface area contributed by atoms with Gasteiger partial charge in [0.15, 0.2) is 5.69 Å². The second kappa shape index (κ2) is 11.4. The molecule has 0 unspecified atom stereocenters. The van der Waals surface area contributed by atoms with Crippen molar-refractivity contribution in [2.24, 2.45) is 5.92 Å². The minimum absolute atomic E-state index is 0.0590. The number of aliphatic carboxylic acids is 1. The number of rotatable bonds is 8. The van der Waals surface area contributed by atoms with Crippen molar-refractivity contribution in [2.45, 2.75) is 31.5 Å². The Bertz CT molecular complexity index is 1490. The lowest BCUT2D eigenvalue weighted by Gasteiger charge is -2.33. The molecule has 2 aromatic heterocycles. The van der Waals surface area contributed by atoms with E-state index in [2.05, 4.69) is 20.1 Å². The van der Waals surface area contributed by atoms with Gasteiger partial charge in [0.05, 0.1) is 23.6 Å². The Labute approximate surface area is 231 Å². The lowest BCUT2D eigenvalue weighted by atomic mass is 9.94. The van der Waals surface area contributed by atoms with Crippen LogP contribution in [0, 0.1) is 5.92 Å². The van der Waals surface area contributed by atoms with Crippen molar-refractivity contribution in [3.63, 3.8) is 0 Å². The van der Waals surface area contributed by atoms with Gasteiger partial charge in [0.2, 0.25) is 5.82 Å². The van der Waals surface area contributed by atoms with Crippen LogP contribution in [0.3, 0.4) is 0 Å². The SMILES string of the molecule is O=C(O)C[C@H]1CCCN(C[C@@H](O)c2ccc(-c3noc(-c4cnn(-c5cccc(Cl)c5)c4C(F)(F)F)n3)cc2)C1. The van der Waals surface area contributed by atoms with Gasteiger partial charge in [-0.1, -0.05) is 47.1 Å². The third-order valence-electron chi connectivity index (χ3n) is 6.80. The van der Waals surface area contributed by atoms with Crippen LogP contribution in [0.25, 0.3) is 28.5 Å². The van der Waals surface area contributed by atoms with Crippen molar-refractivity contribution in [1.29, 1.82) is 0 Å². The predicted octanol–water partition coefficient (Wildman–Crippen LogP) is 5.48. The molecule has 2 aromatic carbocycles. The largest absolute Gasteiger partial charge is 0.481 e. The number of piperidine rings is 1. The first-order chi connectivity index (χ1) is 19.1. The zero-order chi connectivity index (χ0) is 28.4. The van der Waals surface area contributed by atoms with Crippen LogP contribution in [0.2, 0.25) is 5.02 Å². The van der Waals surface area contributed by atoms with Crippen molar-refractivity contribution in [1.82, 2.24) is 24.8 Å². The van der Waals surface area contributed by atoms with Crippen molar-refractivity contribution >= 4 is 17.6 Å². The minimum Gasteiger partial charge on any atom is -0.481 e. The van der Waals surface area contributed by atoms with Crippen LogP contribution in [0.15, 0.2) is 59.3 Å². The lowest BCUT2D eigenvalue weighted by Crippen LogP contribution is -2.38. The highest BCUT2D eigenvalue weighted by Crippen LogP contribution is 2.38. The van der Waals surface area contributed by atoms with E-state index in [0.29, 0.717) is 24.2 Å². The van der Waals surface area contributed by atoms with Gasteiger partial charge in [-0.2, -0.15) is 23.3 Å². The Balaban J connectivity index is 1.32. The highest BCUT2D eigenvalue weighted by molar-refractivity contribution is 6.30. The summed E-state index contributed by atoms with van der Waals surface area (Å²) in [6.45, 7) is 1.75. The molecule has 2 N–H and O–H groups in total. The van der Waals surface area contributed by atoms with Crippen LogP contribution in [-0.2, 0) is 11.0 Å². The molecule has 1 saturated heterocycles. The van der Waals surface area contributed by atoms with Crippen molar-refractivity contribution in [2.75, 3.05) is 19.6 Å². The first-order valence-electron chi connectivity index (χ1n) is 12.6. The van der Waals surface area contributed by atoms with Crippen molar-refractivity contribution in [3.8, 4) is 28.5 Å². The summed E-state index contributed by atoms with van der Waals surface area (Å²) in [5, 5.41) is 27.8. The van der Waals surface area contributed by atoms with Gasteiger partial charge in [-0.25, -0.2) is 4.68 Å². The fourth-order valence-corrected chi connectivity index (χ4v) is 5.15. The maximum absolute atomic E-state index is 14.1. The Morgan fingerprint density at radius 1 is 1.20 bits per heavy atom. The molecular weight excluding hydrogens is 551 g/mol. The standard InChI is InChI=1S/C27H25ClF3N5O4/c28-19-4-1-5-20(12-19)36-24(27(29,30)31)21(13-32-36)26-33-25(34-40-26)18-8-6-17(7-9-18)22(37)15-35-10-2-3-16(14-35)11-23(38)39/h1,4-9,12-13,16,22,37H,2-3,10-11,14-15H2,(H,38,39)/t16-,22-/m1/s1. The summed E-state index contributed by atoms with van der Waals surface area (Å²) in [6.07, 6.45) is -2.72. The number of aromatic nitrogens is 4. The molecule has 0 radical (unpaired) electrons. The van der Waals surface area contributed by atoms with Gasteiger partial charge in [0.25, 0.3) is 5.89 Å². The molecular formula is C27H25ClF3N5O4. The van der Waals surface area contributed by atoms with Gasteiger partial charge in [-0.05, 0) is 49.1 Å². The maximum Gasteiger partial charge on any atom is 0.434 e. The highest BCUT2D eigenvalue weighted by Gasteiger charge is 2.40. The summed E-state index contributed by atoms with van der Waals surface area (Å²) in [6, 6.07) is 12.6. The fraction of sp³-hybridized carbons (Fsp3) is 0.333. The number of carboxylic acids is 1. The van der Waals surface area contributed by atoms with Gasteiger partial charge in [0.1, 0.15) is 0 Å². The Hall–Kier alpha value is -3.74. The monoisotopic (exact) mass is 575 g/mol. The zero-order valence-electron chi connectivity index (χ0n) is 21.1. The summed E-state index contributed by atoms with van der Waals surface area (Å²) in [7, 11) is 0. The average Bonchev–Trinajstić information content (AvgIpc) is 3.56. The topological polar surface area (TPSA) is 118 Å². The van der Waals surface area contributed by atoms with Crippen LogP contribution in [0.1, 0.15) is 36.6 Å². The van der Waals surface area contributed by atoms with Gasteiger partial charge in [-0.3, -0.25) is 4.79 Å². The number of β-amino-alcohol motifs (C(OH)–C–C–N with tert-alkyl or cyclic N) is 1. The van der Waals surface area contributed by atoms with Crippen LogP contribution in [0.5, 0.6) is 0 Å². The summed E-state index contributed by atoms with van der Waals surface area (Å²) < 4.78 is 48.1. The number of aliphatic hydroxyl groups excluding tert-OH is 1. The number of halogens is 4. The predicted molar refractivity (Wildman–Crippen MR) is 139 cm³/mol. The number of benzene rings is 2. The van der Waals surface area contributed by atoms with Gasteiger partial charge in [-0.15, -0.1) is 0 Å². The smallest absolute Gasteiger partial charge is 0.434 e. The van der Waals surface area contributed by atoms with Crippen molar-refractivity contribution in [3.05, 3.63) is 71.0 Å².